The molecule has 0 aromatic carbocycles. The summed E-state index contributed by atoms with van der Waals surface area (Å²) in [5.41, 5.74) is -4.73. The van der Waals surface area contributed by atoms with Gasteiger partial charge in [-0.05, 0) is 70.4 Å². The second-order valence-corrected chi connectivity index (χ2v) is 11.0. The predicted molar refractivity (Wildman–Crippen MR) is 147 cm³/mol. The maximum absolute atomic E-state index is 18.2. The van der Waals surface area contributed by atoms with Gasteiger partial charge in [-0.25, -0.2) is 29.7 Å². The van der Waals surface area contributed by atoms with Crippen molar-refractivity contribution < 1.29 is 28.6 Å². The van der Waals surface area contributed by atoms with Gasteiger partial charge in [-0.15, -0.1) is 0 Å². The first-order chi connectivity index (χ1) is 20.5. The molecule has 4 unspecified atom stereocenters. The Kier molecular flexibility index (Phi) is 8.46. The molecule has 0 saturated carbocycles. The van der Waals surface area contributed by atoms with Crippen LogP contribution in [0.1, 0.15) is 69.9 Å². The van der Waals surface area contributed by atoms with Crippen LogP contribution in [0.3, 0.4) is 0 Å². The van der Waals surface area contributed by atoms with Crippen LogP contribution in [0, 0.1) is 0 Å². The molecule has 3 saturated heterocycles. The quantitative estimate of drug-likeness (QED) is 0.380. The monoisotopic (exact) mass is 583 g/mol. The highest BCUT2D eigenvalue weighted by Crippen LogP contribution is 2.55. The van der Waals surface area contributed by atoms with Crippen LogP contribution < -0.4 is 0 Å². The zero-order valence-corrected chi connectivity index (χ0v) is 23.9. The minimum absolute atomic E-state index is 0.00350. The second kappa shape index (κ2) is 12.3. The van der Waals surface area contributed by atoms with Crippen molar-refractivity contribution in [1.82, 2.24) is 35.1 Å². The highest BCUT2D eigenvalue weighted by atomic mass is 19.2. The molecule has 0 aliphatic carbocycles. The van der Waals surface area contributed by atoms with E-state index in [9.17, 15) is 9.90 Å². The number of rotatable bonds is 7. The van der Waals surface area contributed by atoms with Crippen molar-refractivity contribution in [3.05, 3.63) is 54.3 Å². The van der Waals surface area contributed by atoms with Crippen LogP contribution >= 0.6 is 0 Å². The van der Waals surface area contributed by atoms with Crippen LogP contribution in [-0.2, 0) is 24.7 Å². The van der Waals surface area contributed by atoms with E-state index in [2.05, 4.69) is 19.9 Å². The van der Waals surface area contributed by atoms with Crippen LogP contribution in [-0.4, -0.2) is 97.0 Å². The number of esters is 1. The number of hydrazine groups is 1. The molecular weight excluding hydrogens is 545 g/mol. The van der Waals surface area contributed by atoms with Crippen LogP contribution in [0.2, 0.25) is 0 Å². The van der Waals surface area contributed by atoms with Gasteiger partial charge in [-0.1, -0.05) is 4.48 Å². The number of ether oxygens (including phenoxy) is 3. The van der Waals surface area contributed by atoms with Crippen LogP contribution in [0.15, 0.2) is 42.6 Å². The highest BCUT2D eigenvalue weighted by Gasteiger charge is 2.72. The van der Waals surface area contributed by atoms with E-state index in [1.54, 1.807) is 24.1 Å². The van der Waals surface area contributed by atoms with Gasteiger partial charge in [0.05, 0.1) is 17.9 Å². The Morgan fingerprint density at radius 1 is 0.976 bits per heavy atom. The van der Waals surface area contributed by atoms with E-state index < -0.39 is 29.6 Å². The number of carbonyl (C=O) groups is 1. The fourth-order valence-electron chi connectivity index (χ4n) is 6.72. The first-order valence-electron chi connectivity index (χ1n) is 15.0. The lowest BCUT2D eigenvalue weighted by molar-refractivity contribution is -0.344. The van der Waals surface area contributed by atoms with Gasteiger partial charge in [0.15, 0.2) is 11.6 Å². The van der Waals surface area contributed by atoms with Crippen molar-refractivity contribution in [2.45, 2.75) is 81.9 Å². The Balaban J connectivity index is 1.74. The van der Waals surface area contributed by atoms with Gasteiger partial charge in [0.25, 0.3) is 5.72 Å². The first-order valence-corrected chi connectivity index (χ1v) is 15.0. The third-order valence-electron chi connectivity index (χ3n) is 8.47. The van der Waals surface area contributed by atoms with Gasteiger partial charge in [0, 0.05) is 51.1 Å². The van der Waals surface area contributed by atoms with E-state index >= 15 is 4.48 Å². The smallest absolute Gasteiger partial charge is 0.360 e. The molecule has 4 atom stereocenters. The van der Waals surface area contributed by atoms with Crippen molar-refractivity contribution in [2.75, 3.05) is 32.9 Å². The zero-order valence-electron chi connectivity index (χ0n) is 23.9. The van der Waals surface area contributed by atoms with Gasteiger partial charge >= 0.3 is 5.97 Å². The molecule has 0 bridgehead atoms. The third kappa shape index (κ3) is 4.67. The molecule has 3 fully saturated rings. The summed E-state index contributed by atoms with van der Waals surface area (Å²) in [6.45, 7) is 3.34. The summed E-state index contributed by atoms with van der Waals surface area (Å²) >= 11 is 0. The maximum Gasteiger partial charge on any atom is 0.360 e. The lowest BCUT2D eigenvalue weighted by atomic mass is 9.82. The minimum Gasteiger partial charge on any atom is -0.463 e. The Morgan fingerprint density at radius 2 is 1.62 bits per heavy atom. The fourth-order valence-corrected chi connectivity index (χ4v) is 6.72. The lowest BCUT2D eigenvalue weighted by Crippen LogP contribution is -2.79. The van der Waals surface area contributed by atoms with E-state index in [1.807, 2.05) is 0 Å². The van der Waals surface area contributed by atoms with Gasteiger partial charge < -0.3 is 19.3 Å². The molecule has 0 radical (unpaired) electrons. The summed E-state index contributed by atoms with van der Waals surface area (Å²) in [6.07, 6.45) is 9.98. The van der Waals surface area contributed by atoms with Gasteiger partial charge in [-0.3, -0.25) is 0 Å². The maximum atomic E-state index is 18.2. The minimum atomic E-state index is -2.58. The van der Waals surface area contributed by atoms with Gasteiger partial charge in [0.1, 0.15) is 12.2 Å². The molecule has 1 N–H and O–H groups in total. The fraction of sp³-hybridized carbons (Fsp3) is 0.621. The summed E-state index contributed by atoms with van der Waals surface area (Å²) in [6, 6.07) is 3.27. The second-order valence-electron chi connectivity index (χ2n) is 11.0. The summed E-state index contributed by atoms with van der Waals surface area (Å²) in [5.74, 6) is -0.927. The van der Waals surface area contributed by atoms with E-state index in [0.29, 0.717) is 44.3 Å². The molecule has 13 heteroatoms. The zero-order chi connectivity index (χ0) is 29.2. The Morgan fingerprint density at radius 3 is 2.21 bits per heavy atom. The standard InChI is InChI=1S/C29H38FN7O5/c1-2-40-27(38)29(39)23(25-31-13-9-14-32-25)24(21-11-3-7-19-41-21)36(30)28(22-12-4-8-20-42-22,26-33-15-10-16-34-26)37(29)35-17-5-6-18-35/h9-10,13-16,21-22,39H,2-8,11-12,17-20H2,1H3. The highest BCUT2D eigenvalue weighted by molar-refractivity contribution is 5.96. The van der Waals surface area contributed by atoms with Crippen molar-refractivity contribution in [2.24, 2.45) is 0 Å². The Labute approximate surface area is 244 Å². The molecule has 6 rings (SSSR count). The molecular formula is C29H38FN7O5. The number of nitrogens with zero attached hydrogens (tertiary/aromatic N) is 7. The first kappa shape index (κ1) is 29.0. The van der Waals surface area contributed by atoms with Crippen molar-refractivity contribution in [1.29, 1.82) is 0 Å². The third-order valence-corrected chi connectivity index (χ3v) is 8.47. The lowest BCUT2D eigenvalue weighted by Gasteiger charge is -2.60. The molecule has 12 nitrogen and oxygen atoms in total. The largest absolute Gasteiger partial charge is 0.463 e. The number of aliphatic hydroxyl groups is 1. The van der Waals surface area contributed by atoms with Gasteiger partial charge in [0.2, 0.25) is 5.66 Å². The summed E-state index contributed by atoms with van der Waals surface area (Å²) in [5, 5.41) is 16.9. The van der Waals surface area contributed by atoms with Crippen molar-refractivity contribution in [3.63, 3.8) is 0 Å². The van der Waals surface area contributed by atoms with Crippen LogP contribution in [0.25, 0.3) is 5.57 Å². The number of hydrogen-bond acceptors (Lipinski definition) is 12. The molecule has 6 heterocycles. The van der Waals surface area contributed by atoms with Crippen molar-refractivity contribution in [3.8, 4) is 0 Å². The average molecular weight is 584 g/mol. The normalized spacial score (nSPS) is 31.4. The Bertz CT molecular complexity index is 1260. The van der Waals surface area contributed by atoms with Crippen LogP contribution in [0.5, 0.6) is 0 Å². The summed E-state index contributed by atoms with van der Waals surface area (Å²) < 4.78 is 36.3. The molecule has 2 aromatic heterocycles. The number of halogens is 1. The predicted octanol–water partition coefficient (Wildman–Crippen LogP) is 2.73. The van der Waals surface area contributed by atoms with E-state index in [1.165, 1.54) is 29.8 Å². The molecule has 226 valence electrons. The molecule has 4 aliphatic heterocycles. The van der Waals surface area contributed by atoms with Gasteiger partial charge in [-0.2, -0.15) is 10.1 Å². The van der Waals surface area contributed by atoms with E-state index in [4.69, 9.17) is 14.2 Å². The molecule has 42 heavy (non-hydrogen) atoms. The molecule has 0 spiro atoms. The van der Waals surface area contributed by atoms with Crippen molar-refractivity contribution >= 4 is 11.5 Å². The molecule has 2 aromatic rings. The summed E-state index contributed by atoms with van der Waals surface area (Å²) in [4.78, 5) is 32.3. The number of aromatic nitrogens is 4. The number of carbonyl (C=O) groups excluding carboxylic acids is 1. The SMILES string of the molecule is CCOC(=O)C1(O)C(c2ncccn2)=C(C2CCCCO2)N(F)C(c2ncccn2)(C2CCCCO2)N1N1CCCC1. The molecule has 4 aliphatic rings. The van der Waals surface area contributed by atoms with E-state index in [0.717, 1.165) is 38.5 Å². The van der Waals surface area contributed by atoms with Crippen LogP contribution in [0.4, 0.5) is 4.48 Å². The number of hydrogen-bond donors (Lipinski definition) is 1. The average Bonchev–Trinajstić information content (AvgIpc) is 3.58. The van der Waals surface area contributed by atoms with E-state index in [-0.39, 0.29) is 29.5 Å². The topological polar surface area (TPSA) is 126 Å². The Hall–Kier alpha value is -3.10. The molecule has 0 amide bonds. The summed E-state index contributed by atoms with van der Waals surface area (Å²) in [7, 11) is 0.